The number of pyridine rings is 1. The number of aromatic nitrogens is 3. The fourth-order valence-corrected chi connectivity index (χ4v) is 4.85. The molecule has 4 heterocycles. The highest BCUT2D eigenvalue weighted by Gasteiger charge is 2.24. The Bertz CT molecular complexity index is 1170. The molecule has 1 fully saturated rings. The summed E-state index contributed by atoms with van der Waals surface area (Å²) < 4.78 is 3.52. The zero-order valence-corrected chi connectivity index (χ0v) is 17.4. The van der Waals surface area contributed by atoms with Gasteiger partial charge in [-0.3, -0.25) is 18.6 Å². The van der Waals surface area contributed by atoms with Crippen molar-refractivity contribution in [2.45, 2.75) is 13.5 Å². The monoisotopic (exact) mass is 415 g/mol. The minimum Gasteiger partial charge on any atom is -0.353 e. The third-order valence-electron chi connectivity index (χ3n) is 5.02. The number of hydrogen-bond donors (Lipinski definition) is 0. The summed E-state index contributed by atoms with van der Waals surface area (Å²) in [4.78, 5) is 35.7. The second kappa shape index (κ2) is 7.57. The smallest absolute Gasteiger partial charge is 0.268 e. The predicted molar refractivity (Wildman–Crippen MR) is 115 cm³/mol. The number of fused-ring (bicyclic) bond motifs is 1. The van der Waals surface area contributed by atoms with Crippen LogP contribution in [-0.2, 0) is 6.54 Å². The molecular formula is C19H21N5O2S2. The van der Waals surface area contributed by atoms with Gasteiger partial charge in [0, 0.05) is 45.0 Å². The molecule has 0 atom stereocenters. The molecule has 0 spiro atoms. The summed E-state index contributed by atoms with van der Waals surface area (Å²) in [5, 5.41) is 0. The van der Waals surface area contributed by atoms with Gasteiger partial charge < -0.3 is 9.80 Å². The minimum absolute atomic E-state index is 0.182. The van der Waals surface area contributed by atoms with Crippen LogP contribution in [-0.4, -0.2) is 52.1 Å². The van der Waals surface area contributed by atoms with Crippen molar-refractivity contribution in [2.75, 3.05) is 38.1 Å². The second-order valence-corrected chi connectivity index (χ2v) is 8.47. The van der Waals surface area contributed by atoms with Crippen molar-refractivity contribution in [3.05, 3.63) is 55.1 Å². The van der Waals surface area contributed by atoms with E-state index in [1.54, 1.807) is 12.3 Å². The lowest BCUT2D eigenvalue weighted by molar-refractivity contribution is 0.312. The molecule has 1 aliphatic heterocycles. The maximum Gasteiger partial charge on any atom is 0.268 e. The molecule has 0 saturated carbocycles. The van der Waals surface area contributed by atoms with Crippen LogP contribution >= 0.6 is 23.6 Å². The van der Waals surface area contributed by atoms with Gasteiger partial charge in [-0.25, -0.2) is 4.98 Å². The van der Waals surface area contributed by atoms with E-state index in [2.05, 4.69) is 16.8 Å². The van der Waals surface area contributed by atoms with Crippen molar-refractivity contribution in [3.8, 4) is 10.4 Å². The van der Waals surface area contributed by atoms with Crippen molar-refractivity contribution >= 4 is 35.0 Å². The number of piperazine rings is 1. The van der Waals surface area contributed by atoms with E-state index in [4.69, 9.17) is 17.2 Å². The quantitative estimate of drug-likeness (QED) is 0.611. The van der Waals surface area contributed by atoms with Crippen LogP contribution in [0.5, 0.6) is 0 Å². The number of anilines is 1. The Morgan fingerprint density at radius 1 is 1.18 bits per heavy atom. The van der Waals surface area contributed by atoms with Gasteiger partial charge in [0.05, 0.1) is 4.88 Å². The maximum atomic E-state index is 13.4. The van der Waals surface area contributed by atoms with Crippen LogP contribution < -0.4 is 16.0 Å². The number of likely N-dealkylation sites (N-methyl/N-ethyl adjacent to an activating group) is 1. The predicted octanol–water partition coefficient (Wildman–Crippen LogP) is 2.09. The number of rotatable bonds is 3. The minimum atomic E-state index is -0.192. The Balaban J connectivity index is 2.00. The molecule has 9 heteroatoms. The molecular weight excluding hydrogens is 394 g/mol. The lowest BCUT2D eigenvalue weighted by Gasteiger charge is -2.34. The van der Waals surface area contributed by atoms with Crippen LogP contribution in [0.1, 0.15) is 6.92 Å². The van der Waals surface area contributed by atoms with E-state index < -0.39 is 0 Å². The molecule has 0 aliphatic carbocycles. The Kier molecular flexibility index (Phi) is 5.13. The summed E-state index contributed by atoms with van der Waals surface area (Å²) in [6.07, 6.45) is 1.70. The molecule has 1 saturated heterocycles. The van der Waals surface area contributed by atoms with Gasteiger partial charge in [0.15, 0.2) is 3.95 Å². The van der Waals surface area contributed by atoms with Gasteiger partial charge >= 0.3 is 0 Å². The van der Waals surface area contributed by atoms with Crippen LogP contribution in [0.25, 0.3) is 16.1 Å². The van der Waals surface area contributed by atoms with Gasteiger partial charge in [-0.15, -0.1) is 11.3 Å². The van der Waals surface area contributed by atoms with Crippen LogP contribution in [0.3, 0.4) is 0 Å². The number of nitrogens with zero attached hydrogens (tertiary/aromatic N) is 5. The molecule has 7 nitrogen and oxygen atoms in total. The first-order valence-corrected chi connectivity index (χ1v) is 10.4. The van der Waals surface area contributed by atoms with Crippen molar-refractivity contribution in [1.29, 1.82) is 0 Å². The second-order valence-electron chi connectivity index (χ2n) is 6.79. The summed E-state index contributed by atoms with van der Waals surface area (Å²) in [5.74, 6) is 0.628. The molecule has 3 aromatic heterocycles. The standard InChI is InChI=1S/C19H21N5O2S2/c1-3-23-15(25)12-13(28-19(23)27)16-17(22-10-8-21(2)9-11-22)20-14-6-4-5-7-24(14)18(16)26/h4-7,12H,3,8-11H2,1-2H3. The zero-order valence-electron chi connectivity index (χ0n) is 15.8. The van der Waals surface area contributed by atoms with Gasteiger partial charge in [0.25, 0.3) is 11.1 Å². The van der Waals surface area contributed by atoms with Crippen molar-refractivity contribution in [3.63, 3.8) is 0 Å². The molecule has 0 amide bonds. The van der Waals surface area contributed by atoms with Crippen LogP contribution in [0, 0.1) is 3.95 Å². The van der Waals surface area contributed by atoms with E-state index in [0.717, 1.165) is 26.2 Å². The summed E-state index contributed by atoms with van der Waals surface area (Å²) in [6, 6.07) is 6.99. The first-order valence-electron chi connectivity index (χ1n) is 9.20. The SMILES string of the molecule is CCn1c(=O)cc(-c2c(N3CCN(C)CC3)nc3ccccn3c2=O)sc1=S. The highest BCUT2D eigenvalue weighted by Crippen LogP contribution is 2.29. The highest BCUT2D eigenvalue weighted by molar-refractivity contribution is 7.73. The average Bonchev–Trinajstić information content (AvgIpc) is 2.68. The maximum absolute atomic E-state index is 13.4. The normalized spacial score (nSPS) is 15.3. The van der Waals surface area contributed by atoms with E-state index in [1.807, 2.05) is 19.1 Å². The van der Waals surface area contributed by atoms with Crippen molar-refractivity contribution < 1.29 is 0 Å². The lowest BCUT2D eigenvalue weighted by atomic mass is 10.2. The molecule has 0 N–H and O–H groups in total. The van der Waals surface area contributed by atoms with Crippen LogP contribution in [0.4, 0.5) is 5.82 Å². The molecule has 1 aliphatic rings. The summed E-state index contributed by atoms with van der Waals surface area (Å²) in [6.45, 7) is 5.72. The fourth-order valence-electron chi connectivity index (χ4n) is 3.41. The van der Waals surface area contributed by atoms with Gasteiger partial charge in [-0.2, -0.15) is 0 Å². The summed E-state index contributed by atoms with van der Waals surface area (Å²) in [7, 11) is 2.08. The van der Waals surface area contributed by atoms with Crippen LogP contribution in [0.2, 0.25) is 0 Å². The van der Waals surface area contributed by atoms with E-state index >= 15 is 0 Å². The first-order chi connectivity index (χ1) is 13.5. The lowest BCUT2D eigenvalue weighted by Crippen LogP contribution is -2.45. The molecule has 28 heavy (non-hydrogen) atoms. The van der Waals surface area contributed by atoms with E-state index in [0.29, 0.717) is 32.4 Å². The first kappa shape index (κ1) is 19.0. The molecule has 0 bridgehead atoms. The molecule has 3 aromatic rings. The third kappa shape index (κ3) is 3.30. The number of hydrogen-bond acceptors (Lipinski definition) is 7. The molecule has 4 rings (SSSR count). The van der Waals surface area contributed by atoms with Crippen molar-refractivity contribution in [1.82, 2.24) is 18.9 Å². The van der Waals surface area contributed by atoms with Gasteiger partial charge in [-0.05, 0) is 38.3 Å². The largest absolute Gasteiger partial charge is 0.353 e. The molecule has 0 radical (unpaired) electrons. The Labute approximate surface area is 171 Å². The summed E-state index contributed by atoms with van der Waals surface area (Å²) in [5.41, 5.74) is 0.669. The topological polar surface area (TPSA) is 62.9 Å². The molecule has 146 valence electrons. The average molecular weight is 416 g/mol. The van der Waals surface area contributed by atoms with E-state index in [1.165, 1.54) is 26.4 Å². The fraction of sp³-hybridized carbons (Fsp3) is 0.368. The molecule has 0 aromatic carbocycles. The molecule has 0 unspecified atom stereocenters. The zero-order chi connectivity index (χ0) is 19.8. The van der Waals surface area contributed by atoms with Gasteiger partial charge in [0.2, 0.25) is 0 Å². The van der Waals surface area contributed by atoms with E-state index in [9.17, 15) is 9.59 Å². The Hall–Kier alpha value is -2.36. The summed E-state index contributed by atoms with van der Waals surface area (Å²) >= 11 is 6.70. The van der Waals surface area contributed by atoms with E-state index in [-0.39, 0.29) is 11.1 Å². The van der Waals surface area contributed by atoms with Crippen molar-refractivity contribution in [2.24, 2.45) is 0 Å². The van der Waals surface area contributed by atoms with Gasteiger partial charge in [0.1, 0.15) is 17.0 Å². The third-order valence-corrected chi connectivity index (χ3v) is 6.43. The highest BCUT2D eigenvalue weighted by atomic mass is 32.1. The van der Waals surface area contributed by atoms with Crippen LogP contribution in [0.15, 0.2) is 40.1 Å². The van der Waals surface area contributed by atoms with Gasteiger partial charge in [-0.1, -0.05) is 6.07 Å². The Morgan fingerprint density at radius 3 is 2.61 bits per heavy atom. The Morgan fingerprint density at radius 2 is 1.93 bits per heavy atom.